The van der Waals surface area contributed by atoms with E-state index in [4.69, 9.17) is 5.11 Å². The lowest BCUT2D eigenvalue weighted by Gasteiger charge is -2.31. The first kappa shape index (κ1) is 16.6. The van der Waals surface area contributed by atoms with E-state index in [-0.39, 0.29) is 18.7 Å². The molecule has 9 heteroatoms. The quantitative estimate of drug-likeness (QED) is 0.543. The summed E-state index contributed by atoms with van der Waals surface area (Å²) in [6, 6.07) is 0. The second-order valence-corrected chi connectivity index (χ2v) is 4.76. The Morgan fingerprint density at radius 2 is 2.10 bits per heavy atom. The number of nitrogens with one attached hydrogen (secondary N) is 1. The van der Waals surface area contributed by atoms with Gasteiger partial charge in [0.05, 0.1) is 16.9 Å². The SMILES string of the molecule is CCC(CC)(CC(=O)O)NC(=O)Cn1cc([N+](=O)[O-])cn1. The van der Waals surface area contributed by atoms with Crippen molar-refractivity contribution < 1.29 is 19.6 Å². The van der Waals surface area contributed by atoms with Gasteiger partial charge in [0.2, 0.25) is 5.91 Å². The van der Waals surface area contributed by atoms with E-state index < -0.39 is 22.3 Å². The van der Waals surface area contributed by atoms with Crippen LogP contribution < -0.4 is 5.32 Å². The average molecular weight is 298 g/mol. The Hall–Kier alpha value is -2.45. The Balaban J connectivity index is 2.73. The van der Waals surface area contributed by atoms with E-state index in [0.29, 0.717) is 12.8 Å². The molecule has 0 fully saturated rings. The van der Waals surface area contributed by atoms with Gasteiger partial charge in [-0.15, -0.1) is 0 Å². The first-order valence-electron chi connectivity index (χ1n) is 6.51. The molecular formula is C12H18N4O5. The molecule has 21 heavy (non-hydrogen) atoms. The molecule has 0 aliphatic heterocycles. The fraction of sp³-hybridized carbons (Fsp3) is 0.583. The fourth-order valence-electron chi connectivity index (χ4n) is 2.03. The minimum Gasteiger partial charge on any atom is -0.481 e. The van der Waals surface area contributed by atoms with Crippen LogP contribution in [0.25, 0.3) is 0 Å². The van der Waals surface area contributed by atoms with Crippen molar-refractivity contribution in [1.82, 2.24) is 15.1 Å². The molecule has 9 nitrogen and oxygen atoms in total. The van der Waals surface area contributed by atoms with Gasteiger partial charge < -0.3 is 10.4 Å². The van der Waals surface area contributed by atoms with Gasteiger partial charge in [-0.05, 0) is 12.8 Å². The largest absolute Gasteiger partial charge is 0.481 e. The fourth-order valence-corrected chi connectivity index (χ4v) is 2.03. The monoisotopic (exact) mass is 298 g/mol. The number of carbonyl (C=O) groups excluding carboxylic acids is 1. The van der Waals surface area contributed by atoms with Crippen LogP contribution in [0.3, 0.4) is 0 Å². The number of carboxylic acid groups (broad SMARTS) is 1. The number of rotatable bonds is 8. The summed E-state index contributed by atoms with van der Waals surface area (Å²) in [5, 5.41) is 25.9. The Morgan fingerprint density at radius 3 is 2.52 bits per heavy atom. The molecule has 1 amide bonds. The van der Waals surface area contributed by atoms with Crippen LogP contribution in [0.15, 0.2) is 12.4 Å². The summed E-state index contributed by atoms with van der Waals surface area (Å²) < 4.78 is 1.14. The first-order valence-corrected chi connectivity index (χ1v) is 6.51. The molecule has 0 aliphatic rings. The molecule has 0 aliphatic carbocycles. The molecule has 1 aromatic rings. The molecule has 1 aromatic heterocycles. The highest BCUT2D eigenvalue weighted by molar-refractivity contribution is 5.78. The van der Waals surface area contributed by atoms with E-state index in [1.54, 1.807) is 13.8 Å². The van der Waals surface area contributed by atoms with Crippen LogP contribution in [0.5, 0.6) is 0 Å². The topological polar surface area (TPSA) is 127 Å². The van der Waals surface area contributed by atoms with Gasteiger partial charge in [-0.3, -0.25) is 24.4 Å². The molecule has 0 bridgehead atoms. The summed E-state index contributed by atoms with van der Waals surface area (Å²) >= 11 is 0. The van der Waals surface area contributed by atoms with Crippen molar-refractivity contribution in [1.29, 1.82) is 0 Å². The number of hydrogen-bond donors (Lipinski definition) is 2. The van der Waals surface area contributed by atoms with Crippen LogP contribution in [-0.2, 0) is 16.1 Å². The van der Waals surface area contributed by atoms with Crippen molar-refractivity contribution in [3.63, 3.8) is 0 Å². The molecule has 0 atom stereocenters. The van der Waals surface area contributed by atoms with Crippen molar-refractivity contribution in [2.24, 2.45) is 0 Å². The highest BCUT2D eigenvalue weighted by Crippen LogP contribution is 2.20. The van der Waals surface area contributed by atoms with E-state index in [1.807, 2.05) is 0 Å². The van der Waals surface area contributed by atoms with E-state index >= 15 is 0 Å². The minimum absolute atomic E-state index is 0.176. The smallest absolute Gasteiger partial charge is 0.307 e. The highest BCUT2D eigenvalue weighted by Gasteiger charge is 2.31. The number of carbonyl (C=O) groups is 2. The maximum Gasteiger partial charge on any atom is 0.307 e. The molecule has 116 valence electrons. The molecular weight excluding hydrogens is 280 g/mol. The molecule has 0 saturated heterocycles. The van der Waals surface area contributed by atoms with Crippen LogP contribution in [0.1, 0.15) is 33.1 Å². The average Bonchev–Trinajstić information content (AvgIpc) is 2.85. The van der Waals surface area contributed by atoms with Gasteiger partial charge >= 0.3 is 11.7 Å². The summed E-state index contributed by atoms with van der Waals surface area (Å²) in [7, 11) is 0. The Kier molecular flexibility index (Phi) is 5.39. The van der Waals surface area contributed by atoms with Gasteiger partial charge in [0.1, 0.15) is 18.9 Å². The maximum absolute atomic E-state index is 12.0. The number of amides is 1. The number of hydrogen-bond acceptors (Lipinski definition) is 5. The number of nitro groups is 1. The van der Waals surface area contributed by atoms with Crippen LogP contribution in [0.4, 0.5) is 5.69 Å². The maximum atomic E-state index is 12.0. The Bertz CT molecular complexity index is 536. The summed E-state index contributed by atoms with van der Waals surface area (Å²) in [5.74, 6) is -1.42. The highest BCUT2D eigenvalue weighted by atomic mass is 16.6. The summed E-state index contributed by atoms with van der Waals surface area (Å²) in [5.41, 5.74) is -1.02. The van der Waals surface area contributed by atoms with Crippen molar-refractivity contribution in [3.05, 3.63) is 22.5 Å². The van der Waals surface area contributed by atoms with Gasteiger partial charge in [-0.25, -0.2) is 0 Å². The molecule has 2 N–H and O–H groups in total. The van der Waals surface area contributed by atoms with Gasteiger partial charge in [-0.1, -0.05) is 13.8 Å². The molecule has 0 radical (unpaired) electrons. The molecule has 1 rings (SSSR count). The standard InChI is InChI=1S/C12H18N4O5/c1-3-12(4-2,5-11(18)19)14-10(17)8-15-7-9(6-13-15)16(20)21/h6-7H,3-5,8H2,1-2H3,(H,14,17)(H,18,19). The van der Waals surface area contributed by atoms with Crippen molar-refractivity contribution >= 4 is 17.6 Å². The minimum atomic E-state index is -0.992. The van der Waals surface area contributed by atoms with Crippen molar-refractivity contribution in [3.8, 4) is 0 Å². The second-order valence-electron chi connectivity index (χ2n) is 4.76. The third kappa shape index (κ3) is 4.55. The molecule has 0 spiro atoms. The first-order chi connectivity index (χ1) is 9.81. The number of nitrogens with zero attached hydrogens (tertiary/aromatic N) is 3. The van der Waals surface area contributed by atoms with Crippen LogP contribution in [0, 0.1) is 10.1 Å². The van der Waals surface area contributed by atoms with E-state index in [9.17, 15) is 19.7 Å². The molecule has 1 heterocycles. The third-order valence-electron chi connectivity index (χ3n) is 3.38. The van der Waals surface area contributed by atoms with E-state index in [2.05, 4.69) is 10.4 Å². The van der Waals surface area contributed by atoms with Gasteiger partial charge in [0.25, 0.3) is 0 Å². The van der Waals surface area contributed by atoms with Crippen molar-refractivity contribution in [2.75, 3.05) is 0 Å². The second kappa shape index (κ2) is 6.82. The molecule has 0 aromatic carbocycles. The predicted octanol–water partition coefficient (Wildman–Crippen LogP) is 0.941. The van der Waals surface area contributed by atoms with Gasteiger partial charge in [0.15, 0.2) is 0 Å². The van der Waals surface area contributed by atoms with Crippen LogP contribution >= 0.6 is 0 Å². The number of aromatic nitrogens is 2. The Labute approximate surface area is 121 Å². The van der Waals surface area contributed by atoms with Gasteiger partial charge in [-0.2, -0.15) is 5.10 Å². The summed E-state index contributed by atoms with van der Waals surface area (Å²) in [6.45, 7) is 3.39. The van der Waals surface area contributed by atoms with Gasteiger partial charge in [0, 0.05) is 0 Å². The molecule has 0 unspecified atom stereocenters. The zero-order chi connectivity index (χ0) is 16.0. The van der Waals surface area contributed by atoms with E-state index in [0.717, 1.165) is 17.1 Å². The Morgan fingerprint density at radius 1 is 1.48 bits per heavy atom. The normalized spacial score (nSPS) is 11.1. The summed E-state index contributed by atoms with van der Waals surface area (Å²) in [6.07, 6.45) is 2.97. The summed E-state index contributed by atoms with van der Waals surface area (Å²) in [4.78, 5) is 32.8. The predicted molar refractivity (Wildman–Crippen MR) is 72.6 cm³/mol. The van der Waals surface area contributed by atoms with E-state index in [1.165, 1.54) is 0 Å². The van der Waals surface area contributed by atoms with Crippen molar-refractivity contribution in [2.45, 2.75) is 45.2 Å². The zero-order valence-electron chi connectivity index (χ0n) is 11.9. The van der Waals surface area contributed by atoms with Crippen LogP contribution in [-0.4, -0.2) is 37.2 Å². The van der Waals surface area contributed by atoms with Crippen LogP contribution in [0.2, 0.25) is 0 Å². The lowest BCUT2D eigenvalue weighted by molar-refractivity contribution is -0.385. The lowest BCUT2D eigenvalue weighted by atomic mass is 9.89. The number of aliphatic carboxylic acids is 1. The zero-order valence-corrected chi connectivity index (χ0v) is 11.9. The number of carboxylic acids is 1. The third-order valence-corrected chi connectivity index (χ3v) is 3.38. The lowest BCUT2D eigenvalue weighted by Crippen LogP contribution is -2.50. The molecule has 0 saturated carbocycles.